The molecule has 7 nitrogen and oxygen atoms in total. The van der Waals surface area contributed by atoms with Gasteiger partial charge in [0.15, 0.2) is 22.8 Å². The first-order valence-corrected chi connectivity index (χ1v) is 7.14. The number of aromatic nitrogens is 3. The van der Waals surface area contributed by atoms with Crippen molar-refractivity contribution in [3.63, 3.8) is 0 Å². The number of carbonyl (C=O) groups is 1. The minimum absolute atomic E-state index is 0.195. The number of hydrogen-bond acceptors (Lipinski definition) is 5. The maximum absolute atomic E-state index is 12.5. The molecular weight excluding hydrogens is 296 g/mol. The standard InChI is InChI=1S/C16H14N4O3/c1-9-5-10(2)20-7-17-14(15(20)18-9)16(21)19-11-3-4-12-13(6-11)23-8-22-12/h3-7H,8H2,1-2H3,(H,19,21). The second-order valence-corrected chi connectivity index (χ2v) is 5.35. The molecule has 1 amide bonds. The highest BCUT2D eigenvalue weighted by atomic mass is 16.7. The van der Waals surface area contributed by atoms with Gasteiger partial charge in [-0.2, -0.15) is 0 Å². The van der Waals surface area contributed by atoms with Crippen molar-refractivity contribution in [1.29, 1.82) is 0 Å². The highest BCUT2D eigenvalue weighted by Crippen LogP contribution is 2.34. The van der Waals surface area contributed by atoms with E-state index in [0.29, 0.717) is 22.8 Å². The fraction of sp³-hybridized carbons (Fsp3) is 0.188. The Morgan fingerprint density at radius 2 is 2.04 bits per heavy atom. The number of benzene rings is 1. The number of hydrogen-bond donors (Lipinski definition) is 1. The number of nitrogens with zero attached hydrogens (tertiary/aromatic N) is 3. The van der Waals surface area contributed by atoms with E-state index in [4.69, 9.17) is 9.47 Å². The Hall–Kier alpha value is -3.09. The van der Waals surface area contributed by atoms with Crippen LogP contribution < -0.4 is 14.8 Å². The third kappa shape index (κ3) is 2.26. The van der Waals surface area contributed by atoms with E-state index in [1.54, 1.807) is 28.9 Å². The number of ether oxygens (including phenoxy) is 2. The second kappa shape index (κ2) is 4.98. The quantitative estimate of drug-likeness (QED) is 0.786. The largest absolute Gasteiger partial charge is 0.454 e. The monoisotopic (exact) mass is 310 g/mol. The van der Waals surface area contributed by atoms with Gasteiger partial charge in [-0.3, -0.25) is 9.20 Å². The van der Waals surface area contributed by atoms with Gasteiger partial charge < -0.3 is 14.8 Å². The molecule has 116 valence electrons. The van der Waals surface area contributed by atoms with Crippen molar-refractivity contribution in [2.45, 2.75) is 13.8 Å². The first kappa shape index (κ1) is 13.6. The summed E-state index contributed by atoms with van der Waals surface area (Å²) < 4.78 is 12.4. The summed E-state index contributed by atoms with van der Waals surface area (Å²) in [5, 5.41) is 2.81. The van der Waals surface area contributed by atoms with Crippen molar-refractivity contribution in [3.8, 4) is 11.5 Å². The minimum Gasteiger partial charge on any atom is -0.454 e. The van der Waals surface area contributed by atoms with Crippen molar-refractivity contribution in [2.24, 2.45) is 0 Å². The summed E-state index contributed by atoms with van der Waals surface area (Å²) in [5.41, 5.74) is 3.26. The zero-order chi connectivity index (χ0) is 16.0. The summed E-state index contributed by atoms with van der Waals surface area (Å²) in [6.07, 6.45) is 1.60. The van der Waals surface area contributed by atoms with Crippen LogP contribution >= 0.6 is 0 Å². The molecule has 0 spiro atoms. The molecule has 0 saturated heterocycles. The van der Waals surface area contributed by atoms with Gasteiger partial charge in [0.2, 0.25) is 6.79 Å². The normalized spacial score (nSPS) is 12.6. The van der Waals surface area contributed by atoms with Crippen molar-refractivity contribution in [1.82, 2.24) is 14.4 Å². The Morgan fingerprint density at radius 1 is 1.22 bits per heavy atom. The van der Waals surface area contributed by atoms with Crippen LogP contribution in [0.3, 0.4) is 0 Å². The Morgan fingerprint density at radius 3 is 2.91 bits per heavy atom. The van der Waals surface area contributed by atoms with E-state index < -0.39 is 0 Å². The van der Waals surface area contributed by atoms with Crippen molar-refractivity contribution in [2.75, 3.05) is 12.1 Å². The number of imidazole rings is 1. The summed E-state index contributed by atoms with van der Waals surface area (Å²) >= 11 is 0. The molecule has 23 heavy (non-hydrogen) atoms. The van der Waals surface area contributed by atoms with Crippen molar-refractivity contribution >= 4 is 17.2 Å². The Kier molecular flexibility index (Phi) is 2.94. The summed E-state index contributed by atoms with van der Waals surface area (Å²) in [5.74, 6) is 0.967. The Balaban J connectivity index is 1.67. The van der Waals surface area contributed by atoms with Gasteiger partial charge in [0.05, 0.1) is 0 Å². The van der Waals surface area contributed by atoms with Crippen LogP contribution in [-0.2, 0) is 0 Å². The first-order valence-electron chi connectivity index (χ1n) is 7.14. The first-order chi connectivity index (χ1) is 11.1. The SMILES string of the molecule is Cc1cc(C)n2cnc(C(=O)Nc3ccc4c(c3)OCO4)c2n1. The van der Waals surface area contributed by atoms with Crippen LogP contribution in [-0.4, -0.2) is 27.1 Å². The summed E-state index contributed by atoms with van der Waals surface area (Å²) in [6, 6.07) is 7.18. The molecule has 1 N–H and O–H groups in total. The lowest BCUT2D eigenvalue weighted by Gasteiger charge is -2.05. The molecule has 3 aromatic rings. The van der Waals surface area contributed by atoms with Gasteiger partial charge in [0.25, 0.3) is 5.91 Å². The number of amides is 1. The van der Waals surface area contributed by atoms with Crippen LogP contribution in [0, 0.1) is 13.8 Å². The lowest BCUT2D eigenvalue weighted by Crippen LogP contribution is -2.13. The minimum atomic E-state index is -0.316. The number of fused-ring (bicyclic) bond motifs is 2. The van der Waals surface area contributed by atoms with Crippen LogP contribution in [0.2, 0.25) is 0 Å². The molecule has 3 heterocycles. The molecular formula is C16H14N4O3. The van der Waals surface area contributed by atoms with Gasteiger partial charge in [-0.05, 0) is 32.0 Å². The molecule has 1 aliphatic rings. The third-order valence-electron chi connectivity index (χ3n) is 3.67. The number of nitrogens with one attached hydrogen (secondary N) is 1. The van der Waals surface area contributed by atoms with Gasteiger partial charge in [-0.1, -0.05) is 0 Å². The molecule has 0 saturated carbocycles. The molecule has 0 radical (unpaired) electrons. The average molecular weight is 310 g/mol. The van der Waals surface area contributed by atoms with Gasteiger partial charge in [0, 0.05) is 23.1 Å². The maximum atomic E-state index is 12.5. The van der Waals surface area contributed by atoms with Crippen LogP contribution in [0.1, 0.15) is 21.9 Å². The van der Waals surface area contributed by atoms with Gasteiger partial charge in [-0.25, -0.2) is 9.97 Å². The summed E-state index contributed by atoms with van der Waals surface area (Å²) in [6.45, 7) is 4.03. The fourth-order valence-corrected chi connectivity index (χ4v) is 2.60. The fourth-order valence-electron chi connectivity index (χ4n) is 2.60. The molecule has 4 rings (SSSR count). The smallest absolute Gasteiger partial charge is 0.278 e. The number of anilines is 1. The molecule has 1 aromatic carbocycles. The third-order valence-corrected chi connectivity index (χ3v) is 3.67. The van der Waals surface area contributed by atoms with Crippen LogP contribution in [0.25, 0.3) is 5.65 Å². The Bertz CT molecular complexity index is 932. The summed E-state index contributed by atoms with van der Waals surface area (Å²) in [7, 11) is 0. The molecule has 0 unspecified atom stereocenters. The maximum Gasteiger partial charge on any atom is 0.278 e. The van der Waals surface area contributed by atoms with Crippen LogP contribution in [0.4, 0.5) is 5.69 Å². The second-order valence-electron chi connectivity index (χ2n) is 5.35. The van der Waals surface area contributed by atoms with E-state index in [-0.39, 0.29) is 18.4 Å². The molecule has 7 heteroatoms. The molecule has 1 aliphatic heterocycles. The van der Waals surface area contributed by atoms with Crippen LogP contribution in [0.5, 0.6) is 11.5 Å². The van der Waals surface area contributed by atoms with Crippen molar-refractivity contribution < 1.29 is 14.3 Å². The van der Waals surface area contributed by atoms with E-state index in [9.17, 15) is 4.79 Å². The van der Waals surface area contributed by atoms with Crippen molar-refractivity contribution in [3.05, 3.63) is 47.7 Å². The van der Waals surface area contributed by atoms with Gasteiger partial charge in [-0.15, -0.1) is 0 Å². The molecule has 0 atom stereocenters. The highest BCUT2D eigenvalue weighted by Gasteiger charge is 2.18. The summed E-state index contributed by atoms with van der Waals surface area (Å²) in [4.78, 5) is 21.1. The number of aryl methyl sites for hydroxylation is 2. The van der Waals surface area contributed by atoms with E-state index >= 15 is 0 Å². The van der Waals surface area contributed by atoms with E-state index in [1.807, 2.05) is 19.9 Å². The number of rotatable bonds is 2. The zero-order valence-electron chi connectivity index (χ0n) is 12.7. The molecule has 0 fully saturated rings. The Labute approximate surface area is 131 Å². The van der Waals surface area contributed by atoms with E-state index in [2.05, 4.69) is 15.3 Å². The molecule has 2 aromatic heterocycles. The van der Waals surface area contributed by atoms with E-state index in [0.717, 1.165) is 11.4 Å². The lowest BCUT2D eigenvalue weighted by atomic mass is 10.2. The average Bonchev–Trinajstić information content (AvgIpc) is 3.12. The van der Waals surface area contributed by atoms with Crippen LogP contribution in [0.15, 0.2) is 30.6 Å². The molecule has 0 aliphatic carbocycles. The number of carbonyl (C=O) groups excluding carboxylic acids is 1. The molecule has 0 bridgehead atoms. The predicted molar refractivity (Wildman–Crippen MR) is 83.0 cm³/mol. The van der Waals surface area contributed by atoms with E-state index in [1.165, 1.54) is 0 Å². The van der Waals surface area contributed by atoms with Gasteiger partial charge in [0.1, 0.15) is 6.33 Å². The van der Waals surface area contributed by atoms with Gasteiger partial charge >= 0.3 is 0 Å². The predicted octanol–water partition coefficient (Wildman–Crippen LogP) is 2.33. The zero-order valence-corrected chi connectivity index (χ0v) is 12.7. The lowest BCUT2D eigenvalue weighted by molar-refractivity contribution is 0.102. The highest BCUT2D eigenvalue weighted by molar-refractivity contribution is 6.07. The topological polar surface area (TPSA) is 77.8 Å².